The smallest absolute Gasteiger partial charge is 0.416 e. The fraction of sp³-hybridized carbons (Fsp3) is 0.471. The number of hydrogen-bond acceptors (Lipinski definition) is 3. The first-order chi connectivity index (χ1) is 12.2. The molecule has 6 nitrogen and oxygen atoms in total. The molecule has 9 heteroatoms. The van der Waals surface area contributed by atoms with E-state index in [1.807, 2.05) is 0 Å². The number of carbonyl (C=O) groups excluding carboxylic acids is 2. The van der Waals surface area contributed by atoms with Crippen molar-refractivity contribution >= 4 is 17.8 Å². The lowest BCUT2D eigenvalue weighted by molar-refractivity contribution is -0.138. The van der Waals surface area contributed by atoms with Crippen LogP contribution in [0.5, 0.6) is 0 Å². The molecule has 26 heavy (non-hydrogen) atoms. The Labute approximate surface area is 148 Å². The van der Waals surface area contributed by atoms with Gasteiger partial charge in [-0.1, -0.05) is 12.1 Å². The minimum Gasteiger partial charge on any atom is -0.481 e. The van der Waals surface area contributed by atoms with E-state index in [1.54, 1.807) is 0 Å². The Bertz CT molecular complexity index is 691. The van der Waals surface area contributed by atoms with Crippen LogP contribution in [0.3, 0.4) is 0 Å². The molecule has 1 aliphatic heterocycles. The molecule has 0 bridgehead atoms. The first kappa shape index (κ1) is 19.7. The number of halogens is 3. The summed E-state index contributed by atoms with van der Waals surface area (Å²) in [5.74, 6) is -2.19. The van der Waals surface area contributed by atoms with Crippen molar-refractivity contribution in [2.24, 2.45) is 5.92 Å². The summed E-state index contributed by atoms with van der Waals surface area (Å²) in [5.41, 5.74) is -0.440. The van der Waals surface area contributed by atoms with Crippen molar-refractivity contribution in [1.29, 1.82) is 0 Å². The van der Waals surface area contributed by atoms with E-state index in [0.717, 1.165) is 12.1 Å². The SMILES string of the molecule is O=C(O)CCCNC(=O)C1CC(=O)N(Cc2cccc(C(F)(F)F)c2)C1. The summed E-state index contributed by atoms with van der Waals surface area (Å²) in [6.07, 6.45) is -4.24. The van der Waals surface area contributed by atoms with Crippen LogP contribution in [0.1, 0.15) is 30.4 Å². The maximum absolute atomic E-state index is 12.8. The largest absolute Gasteiger partial charge is 0.481 e. The summed E-state index contributed by atoms with van der Waals surface area (Å²) < 4.78 is 38.3. The number of alkyl halides is 3. The Hall–Kier alpha value is -2.58. The highest BCUT2D eigenvalue weighted by Gasteiger charge is 2.35. The molecule has 142 valence electrons. The fourth-order valence-corrected chi connectivity index (χ4v) is 2.76. The Kier molecular flexibility index (Phi) is 6.23. The van der Waals surface area contributed by atoms with E-state index in [2.05, 4.69) is 5.32 Å². The minimum absolute atomic E-state index is 0.00550. The molecule has 1 saturated heterocycles. The summed E-state index contributed by atoms with van der Waals surface area (Å²) >= 11 is 0. The molecule has 0 radical (unpaired) electrons. The van der Waals surface area contributed by atoms with Crippen LogP contribution in [-0.4, -0.2) is 40.9 Å². The van der Waals surface area contributed by atoms with Gasteiger partial charge in [-0.15, -0.1) is 0 Å². The standard InChI is InChI=1S/C17H19F3N2O4/c18-17(19,20)13-4-1-3-11(7-13)9-22-10-12(8-14(22)23)16(26)21-6-2-5-15(24)25/h1,3-4,7,12H,2,5-6,8-10H2,(H,21,26)(H,24,25). The van der Waals surface area contributed by atoms with E-state index in [4.69, 9.17) is 5.11 Å². The number of aliphatic carboxylic acids is 1. The highest BCUT2D eigenvalue weighted by Crippen LogP contribution is 2.30. The Morgan fingerprint density at radius 1 is 1.31 bits per heavy atom. The first-order valence-electron chi connectivity index (χ1n) is 8.10. The normalized spacial score (nSPS) is 17.4. The monoisotopic (exact) mass is 372 g/mol. The molecule has 0 spiro atoms. The van der Waals surface area contributed by atoms with Crippen LogP contribution in [0, 0.1) is 5.92 Å². The van der Waals surface area contributed by atoms with E-state index in [9.17, 15) is 27.6 Å². The van der Waals surface area contributed by atoms with E-state index in [1.165, 1.54) is 17.0 Å². The third-order valence-corrected chi connectivity index (χ3v) is 4.08. The summed E-state index contributed by atoms with van der Waals surface area (Å²) in [7, 11) is 0. The average molecular weight is 372 g/mol. The zero-order valence-electron chi connectivity index (χ0n) is 13.9. The molecule has 0 aliphatic carbocycles. The molecule has 0 saturated carbocycles. The van der Waals surface area contributed by atoms with Crippen LogP contribution in [-0.2, 0) is 27.1 Å². The third kappa shape index (κ3) is 5.47. The fourth-order valence-electron chi connectivity index (χ4n) is 2.76. The second-order valence-corrected chi connectivity index (χ2v) is 6.16. The number of benzene rings is 1. The lowest BCUT2D eigenvalue weighted by Crippen LogP contribution is -2.33. The molecular formula is C17H19F3N2O4. The van der Waals surface area contributed by atoms with Gasteiger partial charge in [0.1, 0.15) is 0 Å². The van der Waals surface area contributed by atoms with E-state index in [0.29, 0.717) is 5.56 Å². The van der Waals surface area contributed by atoms with Crippen LogP contribution < -0.4 is 5.32 Å². The zero-order chi connectivity index (χ0) is 19.3. The van der Waals surface area contributed by atoms with Gasteiger partial charge in [0.25, 0.3) is 0 Å². The molecule has 0 aromatic heterocycles. The minimum atomic E-state index is -4.45. The van der Waals surface area contributed by atoms with E-state index >= 15 is 0 Å². The van der Waals surface area contributed by atoms with Crippen molar-refractivity contribution in [3.8, 4) is 0 Å². The van der Waals surface area contributed by atoms with Crippen molar-refractivity contribution in [1.82, 2.24) is 10.2 Å². The van der Waals surface area contributed by atoms with Crippen molar-refractivity contribution in [3.05, 3.63) is 35.4 Å². The molecule has 1 fully saturated rings. The topological polar surface area (TPSA) is 86.7 Å². The van der Waals surface area contributed by atoms with Crippen LogP contribution in [0.4, 0.5) is 13.2 Å². The molecule has 1 unspecified atom stereocenters. The third-order valence-electron chi connectivity index (χ3n) is 4.08. The van der Waals surface area contributed by atoms with Gasteiger partial charge in [-0.05, 0) is 24.1 Å². The Morgan fingerprint density at radius 2 is 2.04 bits per heavy atom. The van der Waals surface area contributed by atoms with Crippen molar-refractivity contribution < 1.29 is 32.7 Å². The van der Waals surface area contributed by atoms with E-state index < -0.39 is 23.6 Å². The van der Waals surface area contributed by atoms with Gasteiger partial charge in [0.2, 0.25) is 11.8 Å². The van der Waals surface area contributed by atoms with Crippen molar-refractivity contribution in [2.75, 3.05) is 13.1 Å². The molecular weight excluding hydrogens is 353 g/mol. The number of rotatable bonds is 7. The second kappa shape index (κ2) is 8.20. The molecule has 1 aromatic carbocycles. The van der Waals surface area contributed by atoms with Gasteiger partial charge in [-0.2, -0.15) is 13.2 Å². The number of amides is 2. The van der Waals surface area contributed by atoms with Crippen LogP contribution in [0.25, 0.3) is 0 Å². The predicted octanol–water partition coefficient (Wildman–Crippen LogP) is 2.03. The predicted molar refractivity (Wildman–Crippen MR) is 84.8 cm³/mol. The number of likely N-dealkylation sites (tertiary alicyclic amines) is 1. The number of hydrogen-bond donors (Lipinski definition) is 2. The number of carboxylic acids is 1. The van der Waals surface area contributed by atoms with Gasteiger partial charge in [-0.3, -0.25) is 14.4 Å². The molecule has 2 N–H and O–H groups in total. The van der Waals surface area contributed by atoms with Crippen molar-refractivity contribution in [2.45, 2.75) is 32.0 Å². The van der Waals surface area contributed by atoms with Gasteiger partial charge in [0.15, 0.2) is 0 Å². The quantitative estimate of drug-likeness (QED) is 0.717. The molecule has 2 amide bonds. The van der Waals surface area contributed by atoms with E-state index in [-0.39, 0.29) is 50.7 Å². The molecule has 1 atom stereocenters. The maximum Gasteiger partial charge on any atom is 0.416 e. The van der Waals surface area contributed by atoms with Crippen LogP contribution in [0.15, 0.2) is 24.3 Å². The average Bonchev–Trinajstić information content (AvgIpc) is 2.91. The van der Waals surface area contributed by atoms with Crippen LogP contribution >= 0.6 is 0 Å². The van der Waals surface area contributed by atoms with Gasteiger partial charge in [0, 0.05) is 32.5 Å². The maximum atomic E-state index is 12.8. The lowest BCUT2D eigenvalue weighted by Gasteiger charge is -2.17. The summed E-state index contributed by atoms with van der Waals surface area (Å²) in [4.78, 5) is 35.8. The highest BCUT2D eigenvalue weighted by molar-refractivity contribution is 5.89. The molecule has 1 aromatic rings. The Morgan fingerprint density at radius 3 is 2.69 bits per heavy atom. The van der Waals surface area contributed by atoms with Crippen LogP contribution in [0.2, 0.25) is 0 Å². The van der Waals surface area contributed by atoms with Gasteiger partial charge >= 0.3 is 12.1 Å². The number of carboxylic acid groups (broad SMARTS) is 1. The highest BCUT2D eigenvalue weighted by atomic mass is 19.4. The Balaban J connectivity index is 1.89. The molecule has 1 heterocycles. The lowest BCUT2D eigenvalue weighted by atomic mass is 10.1. The summed E-state index contributed by atoms with van der Waals surface area (Å²) in [6.45, 7) is 0.328. The zero-order valence-corrected chi connectivity index (χ0v) is 13.9. The second-order valence-electron chi connectivity index (χ2n) is 6.16. The number of nitrogens with zero attached hydrogens (tertiary/aromatic N) is 1. The number of nitrogens with one attached hydrogen (secondary N) is 1. The van der Waals surface area contributed by atoms with Crippen molar-refractivity contribution in [3.63, 3.8) is 0 Å². The first-order valence-corrected chi connectivity index (χ1v) is 8.10. The summed E-state index contributed by atoms with van der Waals surface area (Å²) in [5, 5.41) is 11.1. The number of carbonyl (C=O) groups is 3. The molecule has 2 rings (SSSR count). The summed E-state index contributed by atoms with van der Waals surface area (Å²) in [6, 6.07) is 4.74. The molecule has 1 aliphatic rings. The van der Waals surface area contributed by atoms with Gasteiger partial charge < -0.3 is 15.3 Å². The van der Waals surface area contributed by atoms with Gasteiger partial charge in [-0.25, -0.2) is 0 Å². The van der Waals surface area contributed by atoms with Gasteiger partial charge in [0.05, 0.1) is 11.5 Å².